The van der Waals surface area contributed by atoms with Crippen LogP contribution in [0.3, 0.4) is 0 Å². The van der Waals surface area contributed by atoms with Gasteiger partial charge in [0.25, 0.3) is 6.43 Å². The average Bonchev–Trinajstić information content (AvgIpc) is 3.63. The Balaban J connectivity index is 1.48. The molecule has 37 heavy (non-hydrogen) atoms. The molecule has 1 spiro atoms. The zero-order valence-corrected chi connectivity index (χ0v) is 20.8. The number of fused-ring (bicyclic) bond motifs is 1. The van der Waals surface area contributed by atoms with Crippen molar-refractivity contribution in [3.63, 3.8) is 0 Å². The van der Waals surface area contributed by atoms with Crippen LogP contribution in [0.15, 0.2) is 30.3 Å². The van der Waals surface area contributed by atoms with Crippen LogP contribution in [-0.4, -0.2) is 53.2 Å². The third-order valence-corrected chi connectivity index (χ3v) is 6.99. The highest BCUT2D eigenvalue weighted by atomic mass is 19.3. The van der Waals surface area contributed by atoms with E-state index in [4.69, 9.17) is 9.47 Å². The van der Waals surface area contributed by atoms with Crippen molar-refractivity contribution in [2.45, 2.75) is 44.7 Å². The van der Waals surface area contributed by atoms with Crippen LogP contribution in [0.25, 0.3) is 10.9 Å². The molecular weight excluding hydrogens is 487 g/mol. The minimum absolute atomic E-state index is 0.0795. The van der Waals surface area contributed by atoms with Crippen molar-refractivity contribution in [3.8, 4) is 11.5 Å². The molecule has 2 fully saturated rings. The number of alkyl halides is 2. The van der Waals surface area contributed by atoms with Gasteiger partial charge in [0.15, 0.2) is 11.5 Å². The summed E-state index contributed by atoms with van der Waals surface area (Å²) in [4.78, 5) is 23.8. The van der Waals surface area contributed by atoms with Crippen molar-refractivity contribution in [2.75, 3.05) is 32.1 Å². The summed E-state index contributed by atoms with van der Waals surface area (Å²) in [7, 11) is 1.47. The van der Waals surface area contributed by atoms with E-state index in [1.54, 1.807) is 30.9 Å². The van der Waals surface area contributed by atoms with Crippen molar-refractivity contribution >= 4 is 22.8 Å². The third-order valence-electron chi connectivity index (χ3n) is 6.99. The Kier molecular flexibility index (Phi) is 6.57. The Bertz CT molecular complexity index is 1350. The van der Waals surface area contributed by atoms with Gasteiger partial charge in [-0.1, -0.05) is 18.2 Å². The number of amides is 1. The molecule has 1 aromatic heterocycles. The molecular formula is C26H28F3N5O3. The predicted octanol–water partition coefficient (Wildman–Crippen LogP) is 5.13. The molecule has 2 aromatic carbocycles. The number of carbonyl (C=O) groups excluding carboxylic acids is 1. The number of rotatable bonds is 6. The number of methoxy groups -OCH3 is 1. The molecule has 0 bridgehead atoms. The molecule has 0 radical (unpaired) electrons. The number of nitrogens with zero attached hydrogens (tertiary/aromatic N) is 3. The first-order chi connectivity index (χ1) is 17.7. The van der Waals surface area contributed by atoms with E-state index in [9.17, 15) is 18.0 Å². The van der Waals surface area contributed by atoms with Crippen molar-refractivity contribution in [1.82, 2.24) is 20.2 Å². The topological polar surface area (TPSA) is 88.6 Å². The number of halogens is 3. The van der Waals surface area contributed by atoms with Crippen LogP contribution < -0.4 is 20.1 Å². The lowest BCUT2D eigenvalue weighted by Gasteiger charge is -2.35. The van der Waals surface area contributed by atoms with Gasteiger partial charge in [0.2, 0.25) is 0 Å². The highest BCUT2D eigenvalue weighted by Crippen LogP contribution is 2.43. The number of piperazine rings is 1. The first-order valence-corrected chi connectivity index (χ1v) is 12.1. The van der Waals surface area contributed by atoms with Crippen LogP contribution in [0.2, 0.25) is 0 Å². The Hall–Kier alpha value is -3.60. The van der Waals surface area contributed by atoms with Crippen molar-refractivity contribution in [1.29, 1.82) is 0 Å². The molecule has 1 aliphatic carbocycles. The number of hydrogen-bond acceptors (Lipinski definition) is 7. The molecule has 3 aromatic rings. The molecule has 196 valence electrons. The highest BCUT2D eigenvalue weighted by Gasteiger charge is 2.52. The summed E-state index contributed by atoms with van der Waals surface area (Å²) in [6.07, 6.45) is -1.54. The number of hydrogen-bond donors (Lipinski definition) is 2. The van der Waals surface area contributed by atoms with Gasteiger partial charge in [-0.05, 0) is 32.8 Å². The molecule has 11 heteroatoms. The number of anilines is 1. The lowest BCUT2D eigenvalue weighted by Crippen LogP contribution is -2.56. The summed E-state index contributed by atoms with van der Waals surface area (Å²) in [5.74, 6) is 0.343. The van der Waals surface area contributed by atoms with Crippen LogP contribution in [0.4, 0.5) is 23.8 Å². The number of carbonyl (C=O) groups is 1. The Morgan fingerprint density at radius 3 is 2.65 bits per heavy atom. The molecule has 1 saturated carbocycles. The molecule has 5 rings (SSSR count). The maximum absolute atomic E-state index is 14.8. The van der Waals surface area contributed by atoms with E-state index in [1.165, 1.54) is 19.2 Å². The molecule has 1 amide bonds. The number of aromatic nitrogens is 2. The molecule has 2 aliphatic rings. The Labute approximate surface area is 212 Å². The average molecular weight is 516 g/mol. The van der Waals surface area contributed by atoms with Crippen molar-refractivity contribution in [2.24, 2.45) is 0 Å². The van der Waals surface area contributed by atoms with Crippen LogP contribution in [0.1, 0.15) is 49.2 Å². The highest BCUT2D eigenvalue weighted by molar-refractivity contribution is 5.92. The van der Waals surface area contributed by atoms with Gasteiger partial charge < -0.3 is 20.1 Å². The van der Waals surface area contributed by atoms with Gasteiger partial charge >= 0.3 is 6.09 Å². The lowest BCUT2D eigenvalue weighted by molar-refractivity contribution is 0.109. The van der Waals surface area contributed by atoms with Gasteiger partial charge in [0, 0.05) is 36.7 Å². The molecule has 1 unspecified atom stereocenters. The zero-order chi connectivity index (χ0) is 26.3. The number of nitrogens with one attached hydrogen (secondary N) is 2. The molecule has 8 nitrogen and oxygen atoms in total. The zero-order valence-electron chi connectivity index (χ0n) is 20.8. The van der Waals surface area contributed by atoms with Gasteiger partial charge in [0.1, 0.15) is 17.5 Å². The fourth-order valence-corrected chi connectivity index (χ4v) is 4.83. The summed E-state index contributed by atoms with van der Waals surface area (Å²) in [6, 6.07) is 6.47. The molecule has 2 N–H and O–H groups in total. The molecule has 1 aliphatic heterocycles. The van der Waals surface area contributed by atoms with E-state index in [2.05, 4.69) is 20.6 Å². The third kappa shape index (κ3) is 4.75. The minimum atomic E-state index is -2.93. The van der Waals surface area contributed by atoms with E-state index >= 15 is 0 Å². The maximum atomic E-state index is 14.8. The summed E-state index contributed by atoms with van der Waals surface area (Å²) in [5, 5.41) is 6.95. The standard InChI is InChI=1S/C26H28F3N5O3/c1-14(16-5-4-6-17(22(16)27)23(28)29)31-24-18-11-21(20(36-3)12-19(18)32-15(2)33-24)37-25(35)34-10-9-30-13-26(34)7-8-26/h4-6,11-12,14,23,30H,7-10,13H2,1-3H3,(H,31,32,33). The van der Waals surface area contributed by atoms with E-state index in [-0.39, 0.29) is 16.9 Å². The lowest BCUT2D eigenvalue weighted by atomic mass is 10.0. The normalized spacial score (nSPS) is 17.2. The molecule has 1 saturated heterocycles. The van der Waals surface area contributed by atoms with Crippen LogP contribution in [-0.2, 0) is 0 Å². The van der Waals surface area contributed by atoms with E-state index in [0.29, 0.717) is 41.4 Å². The maximum Gasteiger partial charge on any atom is 0.415 e. The second kappa shape index (κ2) is 9.70. The van der Waals surface area contributed by atoms with Crippen LogP contribution >= 0.6 is 0 Å². The molecule has 2 heterocycles. The minimum Gasteiger partial charge on any atom is -0.493 e. The summed E-state index contributed by atoms with van der Waals surface area (Å²) in [5.41, 5.74) is -0.258. The first-order valence-electron chi connectivity index (χ1n) is 12.1. The number of benzene rings is 2. The van der Waals surface area contributed by atoms with Gasteiger partial charge in [-0.15, -0.1) is 0 Å². The Morgan fingerprint density at radius 2 is 1.95 bits per heavy atom. The largest absolute Gasteiger partial charge is 0.493 e. The van der Waals surface area contributed by atoms with E-state index in [1.807, 2.05) is 0 Å². The second-order valence-electron chi connectivity index (χ2n) is 9.48. The monoisotopic (exact) mass is 515 g/mol. The predicted molar refractivity (Wildman–Crippen MR) is 132 cm³/mol. The van der Waals surface area contributed by atoms with Gasteiger partial charge in [0.05, 0.1) is 29.8 Å². The number of ether oxygens (including phenoxy) is 2. The van der Waals surface area contributed by atoms with E-state index < -0.39 is 29.9 Å². The van der Waals surface area contributed by atoms with E-state index in [0.717, 1.165) is 25.5 Å². The SMILES string of the molecule is COc1cc2nc(C)nc(NC(C)c3cccc(C(F)F)c3F)c2cc1OC(=O)N1CCNCC12CC2. The fraction of sp³-hybridized carbons (Fsp3) is 0.423. The first kappa shape index (κ1) is 25.1. The smallest absolute Gasteiger partial charge is 0.415 e. The molecule has 1 atom stereocenters. The summed E-state index contributed by atoms with van der Waals surface area (Å²) in [6.45, 7) is 5.33. The van der Waals surface area contributed by atoms with Gasteiger partial charge in [-0.25, -0.2) is 27.9 Å². The van der Waals surface area contributed by atoms with Gasteiger partial charge in [-0.2, -0.15) is 0 Å². The quantitative estimate of drug-likeness (QED) is 0.470. The van der Waals surface area contributed by atoms with Gasteiger partial charge in [-0.3, -0.25) is 4.90 Å². The number of aryl methyl sites for hydroxylation is 1. The Morgan fingerprint density at radius 1 is 1.19 bits per heavy atom. The summed E-state index contributed by atoms with van der Waals surface area (Å²) >= 11 is 0. The van der Waals surface area contributed by atoms with Crippen LogP contribution in [0, 0.1) is 12.7 Å². The van der Waals surface area contributed by atoms with Crippen molar-refractivity contribution in [3.05, 3.63) is 53.1 Å². The summed E-state index contributed by atoms with van der Waals surface area (Å²) < 4.78 is 52.5. The van der Waals surface area contributed by atoms with Crippen LogP contribution in [0.5, 0.6) is 11.5 Å². The fourth-order valence-electron chi connectivity index (χ4n) is 4.83. The second-order valence-corrected chi connectivity index (χ2v) is 9.48. The van der Waals surface area contributed by atoms with Crippen molar-refractivity contribution < 1.29 is 27.4 Å².